The second-order valence-corrected chi connectivity index (χ2v) is 7.05. The standard InChI is InChI=1S/C24H24N6/c1-30(15-11-19-9-13-25-14-10-19)24-28-22(21-7-3-2-4-8-21)16-23(29-24)27-18-20-6-5-12-26-17-20/h2-10,12-14,16-17H,11,15,18H2,1H3,(H,27,28,29). The Bertz CT molecular complexity index is 1050. The molecular weight excluding hydrogens is 372 g/mol. The highest BCUT2D eigenvalue weighted by molar-refractivity contribution is 5.64. The first kappa shape index (κ1) is 19.5. The summed E-state index contributed by atoms with van der Waals surface area (Å²) in [6.07, 6.45) is 8.17. The molecule has 0 aliphatic heterocycles. The highest BCUT2D eigenvalue weighted by Crippen LogP contribution is 2.23. The third-order valence-electron chi connectivity index (χ3n) is 4.81. The molecule has 6 heteroatoms. The second-order valence-electron chi connectivity index (χ2n) is 7.05. The van der Waals surface area contributed by atoms with Crippen LogP contribution in [0.4, 0.5) is 11.8 Å². The predicted octanol–water partition coefficient (Wildman–Crippen LogP) is 4.22. The molecule has 1 N–H and O–H groups in total. The first-order valence-corrected chi connectivity index (χ1v) is 9.95. The summed E-state index contributed by atoms with van der Waals surface area (Å²) in [6.45, 7) is 1.46. The van der Waals surface area contributed by atoms with Crippen LogP contribution in [0.2, 0.25) is 0 Å². The maximum atomic E-state index is 4.82. The topological polar surface area (TPSA) is 66.8 Å². The van der Waals surface area contributed by atoms with Crippen LogP contribution < -0.4 is 10.2 Å². The van der Waals surface area contributed by atoms with E-state index in [4.69, 9.17) is 9.97 Å². The molecule has 0 fully saturated rings. The Morgan fingerprint density at radius 2 is 1.67 bits per heavy atom. The quantitative estimate of drug-likeness (QED) is 0.481. The molecule has 0 saturated heterocycles. The van der Waals surface area contributed by atoms with Gasteiger partial charge in [-0.05, 0) is 35.7 Å². The third-order valence-corrected chi connectivity index (χ3v) is 4.81. The van der Waals surface area contributed by atoms with Crippen LogP contribution >= 0.6 is 0 Å². The van der Waals surface area contributed by atoms with Gasteiger partial charge in [0.25, 0.3) is 0 Å². The van der Waals surface area contributed by atoms with Gasteiger partial charge in [0.15, 0.2) is 0 Å². The molecule has 4 rings (SSSR count). The van der Waals surface area contributed by atoms with Crippen LogP contribution in [0.25, 0.3) is 11.3 Å². The first-order chi connectivity index (χ1) is 14.8. The van der Waals surface area contributed by atoms with E-state index in [1.165, 1.54) is 5.56 Å². The van der Waals surface area contributed by atoms with E-state index >= 15 is 0 Å². The van der Waals surface area contributed by atoms with Crippen molar-refractivity contribution >= 4 is 11.8 Å². The minimum atomic E-state index is 0.652. The van der Waals surface area contributed by atoms with Crippen molar-refractivity contribution in [2.75, 3.05) is 23.8 Å². The number of aromatic nitrogens is 4. The zero-order valence-corrected chi connectivity index (χ0v) is 16.9. The molecule has 0 aliphatic rings. The fourth-order valence-electron chi connectivity index (χ4n) is 3.09. The van der Waals surface area contributed by atoms with Crippen LogP contribution in [0.5, 0.6) is 0 Å². The van der Waals surface area contributed by atoms with Gasteiger partial charge in [0.05, 0.1) is 5.69 Å². The van der Waals surface area contributed by atoms with E-state index < -0.39 is 0 Å². The third kappa shape index (κ3) is 5.17. The Kier molecular flexibility index (Phi) is 6.25. The molecule has 0 radical (unpaired) electrons. The van der Waals surface area contributed by atoms with E-state index in [1.54, 1.807) is 6.20 Å². The van der Waals surface area contributed by atoms with E-state index in [2.05, 4.69) is 32.3 Å². The summed E-state index contributed by atoms with van der Waals surface area (Å²) in [5.41, 5.74) is 4.30. The van der Waals surface area contributed by atoms with E-state index in [9.17, 15) is 0 Å². The van der Waals surface area contributed by atoms with Gasteiger partial charge in [-0.1, -0.05) is 36.4 Å². The van der Waals surface area contributed by atoms with Crippen molar-refractivity contribution in [3.05, 3.63) is 96.6 Å². The highest BCUT2D eigenvalue weighted by Gasteiger charge is 2.11. The summed E-state index contributed by atoms with van der Waals surface area (Å²) in [4.78, 5) is 19.9. The average Bonchev–Trinajstić information content (AvgIpc) is 2.83. The van der Waals surface area contributed by atoms with E-state index in [0.29, 0.717) is 12.5 Å². The summed E-state index contributed by atoms with van der Waals surface area (Å²) < 4.78 is 0. The lowest BCUT2D eigenvalue weighted by atomic mass is 10.1. The SMILES string of the molecule is CN(CCc1ccncc1)c1nc(NCc2cccnc2)cc(-c2ccccc2)n1. The molecule has 4 aromatic rings. The van der Waals surface area contributed by atoms with Crippen LogP contribution in [0.15, 0.2) is 85.5 Å². The van der Waals surface area contributed by atoms with Crippen LogP contribution in [0, 0.1) is 0 Å². The van der Waals surface area contributed by atoms with Crippen molar-refractivity contribution in [1.82, 2.24) is 19.9 Å². The molecule has 0 saturated carbocycles. The lowest BCUT2D eigenvalue weighted by Crippen LogP contribution is -2.23. The van der Waals surface area contributed by atoms with Gasteiger partial charge in [-0.15, -0.1) is 0 Å². The van der Waals surface area contributed by atoms with Gasteiger partial charge in [0.1, 0.15) is 5.82 Å². The molecule has 30 heavy (non-hydrogen) atoms. The number of benzene rings is 1. The number of nitrogens with zero attached hydrogens (tertiary/aromatic N) is 5. The molecule has 3 heterocycles. The minimum absolute atomic E-state index is 0.652. The van der Waals surface area contributed by atoms with Crippen LogP contribution in [-0.2, 0) is 13.0 Å². The van der Waals surface area contributed by atoms with Crippen LogP contribution in [0.3, 0.4) is 0 Å². The summed E-state index contributed by atoms with van der Waals surface area (Å²) >= 11 is 0. The minimum Gasteiger partial charge on any atom is -0.366 e. The number of anilines is 2. The van der Waals surface area contributed by atoms with Gasteiger partial charge in [-0.3, -0.25) is 9.97 Å². The fraction of sp³-hybridized carbons (Fsp3) is 0.167. The Labute approximate surface area is 176 Å². The number of rotatable bonds is 8. The van der Waals surface area contributed by atoms with Crippen molar-refractivity contribution in [2.45, 2.75) is 13.0 Å². The van der Waals surface area contributed by atoms with Crippen molar-refractivity contribution in [1.29, 1.82) is 0 Å². The smallest absolute Gasteiger partial charge is 0.227 e. The van der Waals surface area contributed by atoms with Gasteiger partial charge in [0, 0.05) is 56.6 Å². The van der Waals surface area contributed by atoms with Gasteiger partial charge in [0.2, 0.25) is 5.95 Å². The Morgan fingerprint density at radius 3 is 2.43 bits per heavy atom. The van der Waals surface area contributed by atoms with Crippen LogP contribution in [-0.4, -0.2) is 33.5 Å². The van der Waals surface area contributed by atoms with Gasteiger partial charge in [-0.25, -0.2) is 4.98 Å². The number of hydrogen-bond acceptors (Lipinski definition) is 6. The van der Waals surface area contributed by atoms with Gasteiger partial charge >= 0.3 is 0 Å². The van der Waals surface area contributed by atoms with Crippen LogP contribution in [0.1, 0.15) is 11.1 Å². The number of likely N-dealkylation sites (N-methyl/N-ethyl adjacent to an activating group) is 1. The number of hydrogen-bond donors (Lipinski definition) is 1. The lowest BCUT2D eigenvalue weighted by molar-refractivity contribution is 0.837. The molecule has 0 amide bonds. The zero-order valence-electron chi connectivity index (χ0n) is 16.9. The monoisotopic (exact) mass is 396 g/mol. The Morgan fingerprint density at radius 1 is 0.833 bits per heavy atom. The highest BCUT2D eigenvalue weighted by atomic mass is 15.2. The summed E-state index contributed by atoms with van der Waals surface area (Å²) in [5, 5.41) is 3.41. The molecular formula is C24H24N6. The second kappa shape index (κ2) is 9.60. The first-order valence-electron chi connectivity index (χ1n) is 9.95. The molecule has 1 aromatic carbocycles. The van der Waals surface area contributed by atoms with Crippen molar-refractivity contribution in [2.24, 2.45) is 0 Å². The average molecular weight is 396 g/mol. The molecule has 0 aliphatic carbocycles. The molecule has 0 spiro atoms. The van der Waals surface area contributed by atoms with E-state index in [0.717, 1.165) is 35.6 Å². The lowest BCUT2D eigenvalue weighted by Gasteiger charge is -2.19. The predicted molar refractivity (Wildman–Crippen MR) is 120 cm³/mol. The van der Waals surface area contributed by atoms with E-state index in [1.807, 2.05) is 74.2 Å². The summed E-state index contributed by atoms with van der Waals surface area (Å²) in [7, 11) is 2.02. The van der Waals surface area contributed by atoms with Crippen molar-refractivity contribution < 1.29 is 0 Å². The molecule has 3 aromatic heterocycles. The maximum absolute atomic E-state index is 4.82. The summed E-state index contributed by atoms with van der Waals surface area (Å²) in [6, 6.07) is 20.2. The normalized spacial score (nSPS) is 10.6. The largest absolute Gasteiger partial charge is 0.366 e. The Hall–Kier alpha value is -3.80. The molecule has 0 bridgehead atoms. The molecule has 6 nitrogen and oxygen atoms in total. The maximum Gasteiger partial charge on any atom is 0.227 e. The zero-order chi connectivity index (χ0) is 20.6. The molecule has 0 atom stereocenters. The van der Waals surface area contributed by atoms with Gasteiger partial charge in [-0.2, -0.15) is 4.98 Å². The van der Waals surface area contributed by atoms with Crippen molar-refractivity contribution in [3.8, 4) is 11.3 Å². The van der Waals surface area contributed by atoms with Gasteiger partial charge < -0.3 is 10.2 Å². The fourth-order valence-corrected chi connectivity index (χ4v) is 3.09. The Balaban J connectivity index is 1.56. The molecule has 150 valence electrons. The van der Waals surface area contributed by atoms with Crippen molar-refractivity contribution in [3.63, 3.8) is 0 Å². The van der Waals surface area contributed by atoms with E-state index in [-0.39, 0.29) is 0 Å². The number of nitrogens with one attached hydrogen (secondary N) is 1. The molecule has 0 unspecified atom stereocenters. The summed E-state index contributed by atoms with van der Waals surface area (Å²) in [5.74, 6) is 1.48. The number of pyridine rings is 2.